The Bertz CT molecular complexity index is 1500. The Morgan fingerprint density at radius 2 is 1.82 bits per heavy atom. The maximum absolute atomic E-state index is 13.6. The molecule has 4 aromatic rings. The summed E-state index contributed by atoms with van der Waals surface area (Å²) >= 11 is 0. The summed E-state index contributed by atoms with van der Waals surface area (Å²) in [5.41, 5.74) is 5.26. The van der Waals surface area contributed by atoms with Crippen LogP contribution in [-0.4, -0.2) is 63.4 Å². The van der Waals surface area contributed by atoms with Gasteiger partial charge in [-0.15, -0.1) is 5.10 Å². The molecule has 6 rings (SSSR count). The number of piperazine rings is 1. The Labute approximate surface area is 222 Å². The first-order valence-corrected chi connectivity index (χ1v) is 13.6. The number of hydrogen-bond donors (Lipinski definition) is 1. The number of ether oxygens (including phenoxy) is 1. The molecule has 0 spiro atoms. The molecule has 0 amide bonds. The summed E-state index contributed by atoms with van der Waals surface area (Å²) < 4.78 is 7.45. The molecule has 2 aromatic heterocycles. The van der Waals surface area contributed by atoms with E-state index in [2.05, 4.69) is 62.4 Å². The van der Waals surface area contributed by atoms with Gasteiger partial charge in [-0.3, -0.25) is 9.69 Å². The highest BCUT2D eigenvalue weighted by Crippen LogP contribution is 2.35. The van der Waals surface area contributed by atoms with Crippen molar-refractivity contribution in [1.82, 2.24) is 30.1 Å². The summed E-state index contributed by atoms with van der Waals surface area (Å²) in [7, 11) is 1.65. The van der Waals surface area contributed by atoms with E-state index in [1.165, 1.54) is 29.7 Å². The predicted octanol–water partition coefficient (Wildman–Crippen LogP) is 4.17. The van der Waals surface area contributed by atoms with Gasteiger partial charge in [0.2, 0.25) is 0 Å². The number of tetrazole rings is 1. The van der Waals surface area contributed by atoms with E-state index in [1.807, 2.05) is 28.9 Å². The standard InChI is InChI=1S/C29H35N7O2/c1-19-7-6-10-26(20(19)2)34-13-15-35(16-14-34)27(28-31-32-33-36(28)22-8-4-5-9-22)24-18-21-17-23(38-3)11-12-25(21)30-29(24)37/h6-7,10-12,17-18,22,27H,4-5,8-9,13-16H2,1-3H3,(H,30,37). The molecule has 2 fully saturated rings. The zero-order chi connectivity index (χ0) is 26.2. The molecule has 3 heterocycles. The number of aryl methyl sites for hydroxylation is 1. The first kappa shape index (κ1) is 24.6. The smallest absolute Gasteiger partial charge is 0.253 e. The van der Waals surface area contributed by atoms with Crippen LogP contribution in [0.5, 0.6) is 5.75 Å². The van der Waals surface area contributed by atoms with Gasteiger partial charge >= 0.3 is 0 Å². The Balaban J connectivity index is 1.39. The van der Waals surface area contributed by atoms with E-state index in [4.69, 9.17) is 4.74 Å². The lowest BCUT2D eigenvalue weighted by Gasteiger charge is -2.40. The fraction of sp³-hybridized carbons (Fsp3) is 0.448. The highest BCUT2D eigenvalue weighted by atomic mass is 16.5. The Morgan fingerprint density at radius 1 is 1.03 bits per heavy atom. The number of nitrogens with one attached hydrogen (secondary N) is 1. The van der Waals surface area contributed by atoms with Crippen LogP contribution in [0.25, 0.3) is 10.9 Å². The van der Waals surface area contributed by atoms with E-state index in [-0.39, 0.29) is 17.6 Å². The van der Waals surface area contributed by atoms with Gasteiger partial charge in [-0.25, -0.2) is 4.68 Å². The van der Waals surface area contributed by atoms with Crippen molar-refractivity contribution in [3.8, 4) is 5.75 Å². The first-order chi connectivity index (χ1) is 18.5. The van der Waals surface area contributed by atoms with Gasteiger partial charge in [0.15, 0.2) is 5.82 Å². The maximum Gasteiger partial charge on any atom is 0.253 e. The predicted molar refractivity (Wildman–Crippen MR) is 148 cm³/mol. The van der Waals surface area contributed by atoms with Crippen LogP contribution in [0.15, 0.2) is 47.3 Å². The van der Waals surface area contributed by atoms with Crippen molar-refractivity contribution >= 4 is 16.6 Å². The number of benzene rings is 2. The zero-order valence-corrected chi connectivity index (χ0v) is 22.4. The number of anilines is 1. The van der Waals surface area contributed by atoms with E-state index in [9.17, 15) is 4.79 Å². The van der Waals surface area contributed by atoms with Gasteiger partial charge in [-0.2, -0.15) is 0 Å². The summed E-state index contributed by atoms with van der Waals surface area (Å²) in [4.78, 5) is 21.5. The van der Waals surface area contributed by atoms with Gasteiger partial charge in [0, 0.05) is 48.3 Å². The number of H-pyrrole nitrogens is 1. The van der Waals surface area contributed by atoms with Gasteiger partial charge in [-0.05, 0) is 78.6 Å². The normalized spacial score (nSPS) is 17.8. The number of aromatic nitrogens is 5. The molecular formula is C29H35N7O2. The molecule has 1 aliphatic carbocycles. The Morgan fingerprint density at radius 3 is 2.58 bits per heavy atom. The number of nitrogens with zero attached hydrogens (tertiary/aromatic N) is 6. The molecule has 1 atom stereocenters. The van der Waals surface area contributed by atoms with Gasteiger partial charge < -0.3 is 14.6 Å². The molecule has 1 unspecified atom stereocenters. The summed E-state index contributed by atoms with van der Waals surface area (Å²) in [6.07, 6.45) is 4.49. The topological polar surface area (TPSA) is 92.2 Å². The Kier molecular flexibility index (Phi) is 6.61. The van der Waals surface area contributed by atoms with Crippen LogP contribution < -0.4 is 15.2 Å². The minimum Gasteiger partial charge on any atom is -0.497 e. The minimum atomic E-state index is -0.342. The number of aromatic amines is 1. The van der Waals surface area contributed by atoms with Crippen LogP contribution in [0.1, 0.15) is 60.3 Å². The first-order valence-electron chi connectivity index (χ1n) is 13.6. The number of fused-ring (bicyclic) bond motifs is 1. The van der Waals surface area contributed by atoms with Gasteiger partial charge in [0.1, 0.15) is 11.8 Å². The number of methoxy groups -OCH3 is 1. The molecule has 1 N–H and O–H groups in total. The van der Waals surface area contributed by atoms with Crippen LogP contribution in [0, 0.1) is 13.8 Å². The highest BCUT2D eigenvalue weighted by Gasteiger charge is 2.35. The van der Waals surface area contributed by atoms with Crippen molar-refractivity contribution in [2.45, 2.75) is 51.6 Å². The molecule has 2 aromatic carbocycles. The van der Waals surface area contributed by atoms with E-state index in [0.29, 0.717) is 5.56 Å². The van der Waals surface area contributed by atoms with Crippen LogP contribution in [-0.2, 0) is 0 Å². The van der Waals surface area contributed by atoms with Gasteiger partial charge in [0.05, 0.1) is 13.2 Å². The molecule has 38 heavy (non-hydrogen) atoms. The highest BCUT2D eigenvalue weighted by molar-refractivity contribution is 5.80. The summed E-state index contributed by atoms with van der Waals surface area (Å²) in [6.45, 7) is 7.68. The second-order valence-corrected chi connectivity index (χ2v) is 10.6. The Hall–Kier alpha value is -3.72. The van der Waals surface area contributed by atoms with Crippen molar-refractivity contribution < 1.29 is 4.74 Å². The van der Waals surface area contributed by atoms with E-state index in [1.54, 1.807) is 7.11 Å². The third-order valence-corrected chi connectivity index (χ3v) is 8.40. The van der Waals surface area contributed by atoms with Gasteiger partial charge in [-0.1, -0.05) is 25.0 Å². The fourth-order valence-corrected chi connectivity index (χ4v) is 6.12. The monoisotopic (exact) mass is 513 g/mol. The van der Waals surface area contributed by atoms with Crippen LogP contribution in [0.4, 0.5) is 5.69 Å². The lowest BCUT2D eigenvalue weighted by atomic mass is 10.0. The van der Waals surface area contributed by atoms with E-state index < -0.39 is 0 Å². The van der Waals surface area contributed by atoms with Crippen molar-refractivity contribution in [3.63, 3.8) is 0 Å². The van der Waals surface area contributed by atoms with Crippen molar-refractivity contribution in [1.29, 1.82) is 0 Å². The summed E-state index contributed by atoms with van der Waals surface area (Å²) in [5, 5.41) is 14.0. The zero-order valence-electron chi connectivity index (χ0n) is 22.4. The molecule has 2 aliphatic rings. The van der Waals surface area contributed by atoms with Crippen molar-refractivity contribution in [3.05, 3.63) is 75.3 Å². The fourth-order valence-electron chi connectivity index (χ4n) is 6.12. The van der Waals surface area contributed by atoms with Crippen LogP contribution in [0.3, 0.4) is 0 Å². The molecule has 9 nitrogen and oxygen atoms in total. The minimum absolute atomic E-state index is 0.106. The van der Waals surface area contributed by atoms with E-state index in [0.717, 1.165) is 61.5 Å². The molecule has 198 valence electrons. The molecular weight excluding hydrogens is 478 g/mol. The number of pyridine rings is 1. The van der Waals surface area contributed by atoms with Crippen molar-refractivity contribution in [2.24, 2.45) is 0 Å². The van der Waals surface area contributed by atoms with Crippen LogP contribution in [0.2, 0.25) is 0 Å². The molecule has 0 bridgehead atoms. The molecule has 1 saturated carbocycles. The third kappa shape index (κ3) is 4.45. The van der Waals surface area contributed by atoms with Crippen molar-refractivity contribution in [2.75, 3.05) is 38.2 Å². The quantitative estimate of drug-likeness (QED) is 0.414. The largest absolute Gasteiger partial charge is 0.497 e. The van der Waals surface area contributed by atoms with E-state index >= 15 is 0 Å². The SMILES string of the molecule is COc1ccc2[nH]c(=O)c(C(c3nnnn3C3CCCC3)N3CCN(c4cccc(C)c4C)CC3)cc2c1. The molecule has 1 saturated heterocycles. The summed E-state index contributed by atoms with van der Waals surface area (Å²) in [5.74, 6) is 1.51. The lowest BCUT2D eigenvalue weighted by molar-refractivity contribution is 0.196. The number of rotatable bonds is 6. The van der Waals surface area contributed by atoms with Crippen LogP contribution >= 0.6 is 0 Å². The summed E-state index contributed by atoms with van der Waals surface area (Å²) in [6, 6.07) is 14.1. The number of hydrogen-bond acceptors (Lipinski definition) is 7. The average molecular weight is 514 g/mol. The molecule has 9 heteroatoms. The lowest BCUT2D eigenvalue weighted by Crippen LogP contribution is -2.49. The van der Waals surface area contributed by atoms with Gasteiger partial charge in [0.25, 0.3) is 5.56 Å². The second kappa shape index (κ2) is 10.2. The second-order valence-electron chi connectivity index (χ2n) is 10.6. The average Bonchev–Trinajstić information content (AvgIpc) is 3.63. The molecule has 1 aliphatic heterocycles. The third-order valence-electron chi connectivity index (χ3n) is 8.40. The maximum atomic E-state index is 13.6. The molecule has 0 radical (unpaired) electrons.